The van der Waals surface area contributed by atoms with Gasteiger partial charge in [0, 0.05) is 23.2 Å². The van der Waals surface area contributed by atoms with Gasteiger partial charge in [0.1, 0.15) is 17.1 Å². The SMILES string of the molecule is Cc1cc(O)c(C(=O)/C=C/c2cccc3[nH]ccc23)c(=O)o1. The summed E-state index contributed by atoms with van der Waals surface area (Å²) in [6, 6.07) is 8.79. The van der Waals surface area contributed by atoms with Crippen molar-refractivity contribution in [3.05, 3.63) is 69.9 Å². The average Bonchev–Trinajstić information content (AvgIpc) is 2.92. The van der Waals surface area contributed by atoms with Crippen LogP contribution in [-0.4, -0.2) is 15.9 Å². The minimum Gasteiger partial charge on any atom is -0.507 e. The van der Waals surface area contributed by atoms with Crippen LogP contribution >= 0.6 is 0 Å². The first-order chi connectivity index (χ1) is 10.6. The third-order valence-electron chi connectivity index (χ3n) is 3.34. The number of fused-ring (bicyclic) bond motifs is 1. The topological polar surface area (TPSA) is 83.3 Å². The number of benzene rings is 1. The number of aromatic amines is 1. The molecule has 3 aromatic rings. The average molecular weight is 295 g/mol. The maximum atomic E-state index is 12.1. The summed E-state index contributed by atoms with van der Waals surface area (Å²) in [7, 11) is 0. The fourth-order valence-electron chi connectivity index (χ4n) is 2.33. The van der Waals surface area contributed by atoms with Crippen LogP contribution in [-0.2, 0) is 0 Å². The van der Waals surface area contributed by atoms with Crippen LogP contribution in [0, 0.1) is 6.92 Å². The molecule has 0 saturated carbocycles. The zero-order chi connectivity index (χ0) is 15.7. The third kappa shape index (κ3) is 2.44. The van der Waals surface area contributed by atoms with Crippen molar-refractivity contribution in [2.75, 3.05) is 0 Å². The Labute approximate surface area is 125 Å². The van der Waals surface area contributed by atoms with Crippen molar-refractivity contribution >= 4 is 22.8 Å². The molecule has 0 aliphatic rings. The van der Waals surface area contributed by atoms with Gasteiger partial charge in [-0.3, -0.25) is 4.79 Å². The van der Waals surface area contributed by atoms with Crippen molar-refractivity contribution < 1.29 is 14.3 Å². The first-order valence-electron chi connectivity index (χ1n) is 6.68. The molecule has 0 unspecified atom stereocenters. The monoisotopic (exact) mass is 295 g/mol. The largest absolute Gasteiger partial charge is 0.507 e. The molecule has 3 rings (SSSR count). The van der Waals surface area contributed by atoms with E-state index in [0.717, 1.165) is 16.5 Å². The molecule has 0 amide bonds. The van der Waals surface area contributed by atoms with Gasteiger partial charge in [-0.15, -0.1) is 0 Å². The van der Waals surface area contributed by atoms with Crippen LogP contribution in [0.3, 0.4) is 0 Å². The molecule has 2 heterocycles. The van der Waals surface area contributed by atoms with E-state index in [0.29, 0.717) is 0 Å². The summed E-state index contributed by atoms with van der Waals surface area (Å²) in [6.07, 6.45) is 4.67. The van der Waals surface area contributed by atoms with Crippen molar-refractivity contribution in [1.29, 1.82) is 0 Å². The predicted molar refractivity (Wildman–Crippen MR) is 83.0 cm³/mol. The predicted octanol–water partition coefficient (Wildman–Crippen LogP) is 3.03. The van der Waals surface area contributed by atoms with E-state index < -0.39 is 11.4 Å². The summed E-state index contributed by atoms with van der Waals surface area (Å²) >= 11 is 0. The summed E-state index contributed by atoms with van der Waals surface area (Å²) in [6.45, 7) is 1.53. The molecule has 0 atom stereocenters. The van der Waals surface area contributed by atoms with Gasteiger partial charge in [0.2, 0.25) is 0 Å². The lowest BCUT2D eigenvalue weighted by Crippen LogP contribution is -2.12. The van der Waals surface area contributed by atoms with Gasteiger partial charge in [-0.25, -0.2) is 4.79 Å². The van der Waals surface area contributed by atoms with Gasteiger partial charge in [-0.05, 0) is 30.7 Å². The summed E-state index contributed by atoms with van der Waals surface area (Å²) < 4.78 is 4.84. The van der Waals surface area contributed by atoms with Crippen molar-refractivity contribution in [2.45, 2.75) is 6.92 Å². The van der Waals surface area contributed by atoms with Gasteiger partial charge in [0.25, 0.3) is 0 Å². The lowest BCUT2D eigenvalue weighted by atomic mass is 10.1. The Balaban J connectivity index is 1.98. The number of carbonyl (C=O) groups is 1. The molecule has 0 aliphatic heterocycles. The van der Waals surface area contributed by atoms with Gasteiger partial charge < -0.3 is 14.5 Å². The number of aryl methyl sites for hydroxylation is 1. The van der Waals surface area contributed by atoms with Crippen molar-refractivity contribution in [2.24, 2.45) is 0 Å². The van der Waals surface area contributed by atoms with E-state index in [1.165, 1.54) is 19.1 Å². The van der Waals surface area contributed by atoms with E-state index in [9.17, 15) is 14.7 Å². The summed E-state index contributed by atoms with van der Waals surface area (Å²) in [4.78, 5) is 26.9. The number of hydrogen-bond acceptors (Lipinski definition) is 4. The molecular weight excluding hydrogens is 282 g/mol. The van der Waals surface area contributed by atoms with E-state index in [4.69, 9.17) is 4.42 Å². The number of hydrogen-bond donors (Lipinski definition) is 2. The number of aromatic nitrogens is 1. The third-order valence-corrected chi connectivity index (χ3v) is 3.34. The Morgan fingerprint density at radius 1 is 1.32 bits per heavy atom. The highest BCUT2D eigenvalue weighted by molar-refractivity contribution is 6.09. The Morgan fingerprint density at radius 3 is 2.91 bits per heavy atom. The Bertz CT molecular complexity index is 947. The first-order valence-corrected chi connectivity index (χ1v) is 6.68. The normalized spacial score (nSPS) is 11.3. The summed E-state index contributed by atoms with van der Waals surface area (Å²) in [5.74, 6) is -0.720. The zero-order valence-corrected chi connectivity index (χ0v) is 11.8. The van der Waals surface area contributed by atoms with Crippen LogP contribution in [0.5, 0.6) is 5.75 Å². The zero-order valence-electron chi connectivity index (χ0n) is 11.8. The highest BCUT2D eigenvalue weighted by atomic mass is 16.4. The van der Waals surface area contributed by atoms with Crippen LogP contribution in [0.25, 0.3) is 17.0 Å². The quantitative estimate of drug-likeness (QED) is 0.574. The van der Waals surface area contributed by atoms with Crippen molar-refractivity contribution in [3.63, 3.8) is 0 Å². The van der Waals surface area contributed by atoms with Gasteiger partial charge in [0.15, 0.2) is 5.78 Å². The Morgan fingerprint density at radius 2 is 2.14 bits per heavy atom. The lowest BCUT2D eigenvalue weighted by molar-refractivity contribution is 0.104. The van der Waals surface area contributed by atoms with Crippen LogP contribution in [0.1, 0.15) is 21.7 Å². The molecule has 0 spiro atoms. The fraction of sp³-hybridized carbons (Fsp3) is 0.0588. The van der Waals surface area contributed by atoms with E-state index >= 15 is 0 Å². The molecule has 110 valence electrons. The Hall–Kier alpha value is -3.08. The molecule has 0 aliphatic carbocycles. The molecule has 0 saturated heterocycles. The second-order valence-corrected chi connectivity index (χ2v) is 4.89. The molecule has 0 bridgehead atoms. The van der Waals surface area contributed by atoms with E-state index in [2.05, 4.69) is 4.98 Å². The minimum atomic E-state index is -0.841. The van der Waals surface area contributed by atoms with Gasteiger partial charge in [0.05, 0.1) is 0 Å². The molecule has 1 aromatic carbocycles. The number of nitrogens with one attached hydrogen (secondary N) is 1. The summed E-state index contributed by atoms with van der Waals surface area (Å²) in [5, 5.41) is 10.7. The maximum absolute atomic E-state index is 12.1. The molecule has 2 N–H and O–H groups in total. The number of rotatable bonds is 3. The molecule has 22 heavy (non-hydrogen) atoms. The number of allylic oxidation sites excluding steroid dienone is 1. The molecule has 2 aromatic heterocycles. The Kier molecular flexibility index (Phi) is 3.39. The minimum absolute atomic E-state index is 0.250. The smallest absolute Gasteiger partial charge is 0.351 e. The van der Waals surface area contributed by atoms with E-state index in [1.807, 2.05) is 30.5 Å². The van der Waals surface area contributed by atoms with Gasteiger partial charge in [-0.1, -0.05) is 18.2 Å². The lowest BCUT2D eigenvalue weighted by Gasteiger charge is -2.00. The second kappa shape index (κ2) is 5.37. The standard InChI is InChI=1S/C17H13NO4/c1-10-9-15(20)16(17(21)22-10)14(19)6-5-11-3-2-4-13-12(11)7-8-18-13/h2-9,18,20H,1H3/b6-5+. The highest BCUT2D eigenvalue weighted by Crippen LogP contribution is 2.20. The molecule has 0 fully saturated rings. The number of carbonyl (C=O) groups excluding carboxylic acids is 1. The molecule has 0 radical (unpaired) electrons. The van der Waals surface area contributed by atoms with Gasteiger partial charge in [-0.2, -0.15) is 0 Å². The summed E-state index contributed by atoms with van der Waals surface area (Å²) in [5.41, 5.74) is 0.588. The van der Waals surface area contributed by atoms with Crippen molar-refractivity contribution in [3.8, 4) is 5.75 Å². The number of H-pyrrole nitrogens is 1. The maximum Gasteiger partial charge on any atom is 0.351 e. The van der Waals surface area contributed by atoms with Crippen LogP contribution in [0.2, 0.25) is 0 Å². The number of aromatic hydroxyl groups is 1. The van der Waals surface area contributed by atoms with Crippen molar-refractivity contribution in [1.82, 2.24) is 4.98 Å². The van der Waals surface area contributed by atoms with Crippen LogP contribution in [0.15, 0.2) is 51.8 Å². The van der Waals surface area contributed by atoms with Crippen LogP contribution in [0.4, 0.5) is 0 Å². The van der Waals surface area contributed by atoms with E-state index in [-0.39, 0.29) is 17.1 Å². The van der Waals surface area contributed by atoms with Crippen LogP contribution < -0.4 is 5.63 Å². The molecular formula is C17H13NO4. The molecule has 5 nitrogen and oxygen atoms in total. The fourth-order valence-corrected chi connectivity index (χ4v) is 2.33. The second-order valence-electron chi connectivity index (χ2n) is 4.89. The first kappa shape index (κ1) is 13.9. The molecule has 5 heteroatoms. The highest BCUT2D eigenvalue weighted by Gasteiger charge is 2.15. The van der Waals surface area contributed by atoms with Gasteiger partial charge >= 0.3 is 5.63 Å². The van der Waals surface area contributed by atoms with E-state index in [1.54, 1.807) is 6.08 Å². The number of ketones is 1.